The van der Waals surface area contributed by atoms with Crippen LogP contribution in [0.25, 0.3) is 32.7 Å². The fraction of sp³-hybridized carbons (Fsp3) is 0.154. The van der Waals surface area contributed by atoms with Crippen LogP contribution in [0, 0.1) is 55.4 Å². The highest BCUT2D eigenvalue weighted by Crippen LogP contribution is 2.48. The second-order valence-electron chi connectivity index (χ2n) is 15.7. The van der Waals surface area contributed by atoms with Gasteiger partial charge in [0.25, 0.3) is 0 Å². The molecule has 0 fully saturated rings. The van der Waals surface area contributed by atoms with Gasteiger partial charge in [-0.2, -0.15) is 0 Å². The van der Waals surface area contributed by atoms with Gasteiger partial charge in [0.15, 0.2) is 0 Å². The molecule has 0 aromatic heterocycles. The van der Waals surface area contributed by atoms with Crippen LogP contribution in [0.3, 0.4) is 0 Å². The molecule has 0 aliphatic heterocycles. The van der Waals surface area contributed by atoms with Gasteiger partial charge in [0.05, 0.1) is 0 Å². The largest absolute Gasteiger partial charge is 0.0836 e. The van der Waals surface area contributed by atoms with Crippen molar-refractivity contribution in [2.24, 2.45) is 0 Å². The predicted octanol–water partition coefficient (Wildman–Crippen LogP) is 13.0. The zero-order valence-electron chi connectivity index (χ0n) is 33.4. The molecule has 0 aliphatic carbocycles. The molecule has 8 aromatic carbocycles. The third kappa shape index (κ3) is 7.47. The van der Waals surface area contributed by atoms with Crippen LogP contribution in [-0.4, -0.2) is 0 Å². The van der Waals surface area contributed by atoms with Crippen molar-refractivity contribution in [3.63, 3.8) is 0 Å². The zero-order chi connectivity index (χ0) is 39.4. The molecule has 0 nitrogen and oxygen atoms in total. The lowest BCUT2D eigenvalue weighted by molar-refractivity contribution is 1.40. The molecule has 8 aromatic rings. The summed E-state index contributed by atoms with van der Waals surface area (Å²) in [6.07, 6.45) is 0. The normalized spacial score (nSPS) is 11.7. The lowest BCUT2D eigenvalue weighted by Gasteiger charge is -2.30. The fourth-order valence-electron chi connectivity index (χ4n) is 8.69. The van der Waals surface area contributed by atoms with E-state index in [-0.39, 0.29) is 0 Å². The highest BCUT2D eigenvalue weighted by molar-refractivity contribution is 7.81. The van der Waals surface area contributed by atoms with E-state index in [4.69, 9.17) is 23.2 Å². The Labute approximate surface area is 345 Å². The third-order valence-corrected chi connectivity index (χ3v) is 15.9. The van der Waals surface area contributed by atoms with Crippen molar-refractivity contribution in [3.05, 3.63) is 188 Å². The van der Waals surface area contributed by atoms with E-state index in [1.54, 1.807) is 0 Å². The van der Waals surface area contributed by atoms with Crippen molar-refractivity contribution in [2.45, 2.75) is 55.4 Å². The van der Waals surface area contributed by atoms with Gasteiger partial charge in [0, 0.05) is 20.8 Å². The smallest absolute Gasteiger partial charge is 0.0491 e. The first-order valence-electron chi connectivity index (χ1n) is 19.2. The van der Waals surface area contributed by atoms with Crippen LogP contribution in [0.4, 0.5) is 0 Å². The monoisotopic (exact) mass is 802 g/mol. The highest BCUT2D eigenvalue weighted by atomic mass is 35.5. The summed E-state index contributed by atoms with van der Waals surface area (Å²) >= 11 is 14.9. The Kier molecular flexibility index (Phi) is 10.7. The minimum Gasteiger partial charge on any atom is -0.0836 e. The lowest BCUT2D eigenvalue weighted by Crippen LogP contribution is -2.27. The van der Waals surface area contributed by atoms with Crippen molar-refractivity contribution in [2.75, 3.05) is 0 Å². The average Bonchev–Trinajstić information content (AvgIpc) is 3.11. The van der Waals surface area contributed by atoms with Crippen molar-refractivity contribution >= 4 is 92.4 Å². The molecule has 0 saturated heterocycles. The minimum absolute atomic E-state index is 0.770. The number of fused-ring (bicyclic) bond motifs is 2. The summed E-state index contributed by atoms with van der Waals surface area (Å²) in [5, 5.41) is 13.7. The predicted molar refractivity (Wildman–Crippen MR) is 252 cm³/mol. The average molecular weight is 804 g/mol. The Morgan fingerprint density at radius 2 is 0.536 bits per heavy atom. The van der Waals surface area contributed by atoms with Gasteiger partial charge in [-0.15, -0.1) is 0 Å². The maximum absolute atomic E-state index is 7.47. The molecule has 0 atom stereocenters. The van der Waals surface area contributed by atoms with Crippen molar-refractivity contribution in [3.8, 4) is 11.1 Å². The van der Waals surface area contributed by atoms with Crippen LogP contribution >= 0.6 is 39.0 Å². The molecule has 0 N–H and O–H groups in total. The molecule has 0 unspecified atom stereocenters. The SMILES string of the molecule is Cc1cc(C)cc(P(c2cc(C)cc(C)c2)c2cc(Cl)c3ccccc3c2-c2c(P(c3cc(C)cc(C)c3)c3cc(C)cc(C)c3)cc(Cl)c3ccccc23)c1. The van der Waals surface area contributed by atoms with Crippen LogP contribution in [0.15, 0.2) is 133 Å². The summed E-state index contributed by atoms with van der Waals surface area (Å²) in [4.78, 5) is 0. The summed E-state index contributed by atoms with van der Waals surface area (Å²) in [5.74, 6) is 0. The number of hydrogen-bond donors (Lipinski definition) is 0. The molecule has 0 radical (unpaired) electrons. The highest BCUT2D eigenvalue weighted by Gasteiger charge is 2.30. The van der Waals surface area contributed by atoms with Crippen LogP contribution in [0.1, 0.15) is 44.5 Å². The van der Waals surface area contributed by atoms with Gasteiger partial charge in [0.2, 0.25) is 0 Å². The second kappa shape index (κ2) is 15.6. The molecule has 0 heterocycles. The fourth-order valence-corrected chi connectivity index (χ4v) is 15.2. The summed E-state index contributed by atoms with van der Waals surface area (Å²) < 4.78 is 0. The Morgan fingerprint density at radius 3 is 0.786 bits per heavy atom. The summed E-state index contributed by atoms with van der Waals surface area (Å²) in [6, 6.07) is 50.3. The Balaban J connectivity index is 1.60. The van der Waals surface area contributed by atoms with Crippen molar-refractivity contribution in [1.82, 2.24) is 0 Å². The quantitative estimate of drug-likeness (QED) is 0.141. The van der Waals surface area contributed by atoms with Crippen LogP contribution in [0.2, 0.25) is 10.0 Å². The standard InChI is InChI=1S/C52H46Cl2P2/c1-31-17-32(2)22-39(21-31)55(40-23-33(3)18-34(4)24-40)49-29-47(53)43-13-9-11-15-45(43)51(49)52-46-16-12-10-14-44(46)48(54)30-50(52)56(41-25-35(5)19-36(6)26-41)42-27-37(7)20-38(8)28-42/h9-30H,1-8H3. The van der Waals surface area contributed by atoms with Crippen LogP contribution in [0.5, 0.6) is 0 Å². The topological polar surface area (TPSA) is 0 Å². The Bertz CT molecular complexity index is 2460. The first kappa shape index (κ1) is 38.6. The molecule has 0 aliphatic rings. The summed E-state index contributed by atoms with van der Waals surface area (Å²) in [7, 11) is -2.16. The summed E-state index contributed by atoms with van der Waals surface area (Å²) in [5.41, 5.74) is 12.6. The molecular weight excluding hydrogens is 757 g/mol. The second-order valence-corrected chi connectivity index (χ2v) is 20.8. The van der Waals surface area contributed by atoms with E-state index in [2.05, 4.69) is 189 Å². The van der Waals surface area contributed by atoms with Gasteiger partial charge in [-0.05, 0) is 137 Å². The molecule has 0 saturated carbocycles. The summed E-state index contributed by atoms with van der Waals surface area (Å²) in [6.45, 7) is 17.7. The Hall–Kier alpha value is -4.28. The Morgan fingerprint density at radius 1 is 0.304 bits per heavy atom. The van der Waals surface area contributed by atoms with E-state index in [0.29, 0.717) is 0 Å². The van der Waals surface area contributed by atoms with Gasteiger partial charge in [0.1, 0.15) is 0 Å². The van der Waals surface area contributed by atoms with E-state index in [1.165, 1.54) is 87.5 Å². The number of aryl methyl sites for hydroxylation is 8. The zero-order valence-corrected chi connectivity index (χ0v) is 36.7. The van der Waals surface area contributed by atoms with Gasteiger partial charge in [-0.1, -0.05) is 189 Å². The number of halogens is 2. The van der Waals surface area contributed by atoms with Crippen LogP contribution < -0.4 is 31.8 Å². The van der Waals surface area contributed by atoms with Gasteiger partial charge in [-0.3, -0.25) is 0 Å². The number of benzene rings is 8. The molecule has 8 rings (SSSR count). The molecule has 0 spiro atoms. The van der Waals surface area contributed by atoms with Gasteiger partial charge < -0.3 is 0 Å². The maximum atomic E-state index is 7.47. The lowest BCUT2D eigenvalue weighted by atomic mass is 9.93. The number of rotatable bonds is 7. The van der Waals surface area contributed by atoms with Crippen LogP contribution in [-0.2, 0) is 0 Å². The van der Waals surface area contributed by atoms with E-state index >= 15 is 0 Å². The maximum Gasteiger partial charge on any atom is 0.0491 e. The van der Waals surface area contributed by atoms with Gasteiger partial charge >= 0.3 is 0 Å². The molecule has 0 bridgehead atoms. The minimum atomic E-state index is -1.08. The molecule has 4 heteroatoms. The van der Waals surface area contributed by atoms with Gasteiger partial charge in [-0.25, -0.2) is 0 Å². The first-order valence-corrected chi connectivity index (χ1v) is 22.6. The third-order valence-electron chi connectivity index (χ3n) is 10.5. The van der Waals surface area contributed by atoms with Crippen molar-refractivity contribution < 1.29 is 0 Å². The molecule has 0 amide bonds. The van der Waals surface area contributed by atoms with Crippen molar-refractivity contribution in [1.29, 1.82) is 0 Å². The van der Waals surface area contributed by atoms with E-state index in [1.807, 2.05) is 0 Å². The number of hydrogen-bond acceptors (Lipinski definition) is 0. The van der Waals surface area contributed by atoms with E-state index in [9.17, 15) is 0 Å². The molecule has 56 heavy (non-hydrogen) atoms. The molecular formula is C52H46Cl2P2. The van der Waals surface area contributed by atoms with E-state index in [0.717, 1.165) is 31.6 Å². The van der Waals surface area contributed by atoms with E-state index < -0.39 is 15.8 Å². The first-order chi connectivity index (χ1) is 26.8. The molecule has 278 valence electrons.